The Bertz CT molecular complexity index is 1070. The maximum Gasteiger partial charge on any atom is 0.253 e. The zero-order valence-electron chi connectivity index (χ0n) is 12.3. The zero-order chi connectivity index (χ0) is 16.7. The summed E-state index contributed by atoms with van der Waals surface area (Å²) < 4.78 is 3.68. The van der Waals surface area contributed by atoms with Gasteiger partial charge in [-0.25, -0.2) is 0 Å². The molecule has 0 saturated carbocycles. The molecule has 0 atom stereocenters. The van der Waals surface area contributed by atoms with Gasteiger partial charge in [-0.15, -0.1) is 10.2 Å². The quantitative estimate of drug-likeness (QED) is 0.502. The van der Waals surface area contributed by atoms with E-state index in [0.717, 1.165) is 25.5 Å². The smallest absolute Gasteiger partial charge is 0.253 e. The molecule has 24 heavy (non-hydrogen) atoms. The van der Waals surface area contributed by atoms with Crippen LogP contribution in [-0.2, 0) is 6.54 Å². The Morgan fingerprint density at radius 1 is 1.21 bits per heavy atom. The summed E-state index contributed by atoms with van der Waals surface area (Å²) in [5.74, 6) is 0.519. The number of carbonyl (C=O) groups excluding carboxylic acids is 1. The first-order valence-corrected chi connectivity index (χ1v) is 8.75. The summed E-state index contributed by atoms with van der Waals surface area (Å²) in [5, 5.41) is 11.9. The molecule has 0 saturated heterocycles. The number of aromatic amines is 1. The van der Waals surface area contributed by atoms with Crippen LogP contribution in [0.25, 0.3) is 16.6 Å². The molecule has 4 rings (SSSR count). The van der Waals surface area contributed by atoms with E-state index in [1.54, 1.807) is 6.20 Å². The average Bonchev–Trinajstić information content (AvgIpc) is 3.17. The average molecular weight is 449 g/mol. The third-order valence-corrected chi connectivity index (χ3v) is 5.60. The molecular weight excluding hydrogens is 438 g/mol. The highest BCUT2D eigenvalue weighted by molar-refractivity contribution is 9.13. The van der Waals surface area contributed by atoms with Gasteiger partial charge in [0.25, 0.3) is 5.91 Å². The second kappa shape index (κ2) is 6.03. The van der Waals surface area contributed by atoms with E-state index in [-0.39, 0.29) is 5.91 Å². The number of aromatic nitrogens is 4. The van der Waals surface area contributed by atoms with Crippen LogP contribution in [-0.4, -0.2) is 25.5 Å². The van der Waals surface area contributed by atoms with Crippen molar-refractivity contribution >= 4 is 54.3 Å². The lowest BCUT2D eigenvalue weighted by molar-refractivity contribution is 0.0951. The summed E-state index contributed by atoms with van der Waals surface area (Å²) in [7, 11) is 0. The number of nitrogens with zero attached hydrogens (tertiary/aromatic N) is 3. The summed E-state index contributed by atoms with van der Waals surface area (Å²) in [6.45, 7) is 0.300. The molecule has 0 bridgehead atoms. The first-order chi connectivity index (χ1) is 11.6. The van der Waals surface area contributed by atoms with Gasteiger partial charge in [0.15, 0.2) is 11.5 Å². The van der Waals surface area contributed by atoms with Gasteiger partial charge in [0.05, 0.1) is 12.1 Å². The Balaban J connectivity index is 1.59. The molecule has 6 nitrogen and oxygen atoms in total. The number of amides is 1. The Morgan fingerprint density at radius 2 is 2.04 bits per heavy atom. The van der Waals surface area contributed by atoms with Crippen molar-refractivity contribution in [2.45, 2.75) is 6.54 Å². The van der Waals surface area contributed by atoms with E-state index in [9.17, 15) is 4.79 Å². The summed E-state index contributed by atoms with van der Waals surface area (Å²) in [4.78, 5) is 15.6. The van der Waals surface area contributed by atoms with Crippen LogP contribution < -0.4 is 5.32 Å². The highest BCUT2D eigenvalue weighted by Crippen LogP contribution is 2.30. The van der Waals surface area contributed by atoms with Crippen molar-refractivity contribution in [2.24, 2.45) is 0 Å². The Hall–Kier alpha value is -2.19. The van der Waals surface area contributed by atoms with Gasteiger partial charge in [-0.05, 0) is 56.1 Å². The minimum atomic E-state index is -0.164. The normalized spacial score (nSPS) is 11.2. The number of carbonyl (C=O) groups is 1. The second-order valence-corrected chi connectivity index (χ2v) is 6.95. The predicted octanol–water partition coefficient (Wildman–Crippen LogP) is 3.67. The summed E-state index contributed by atoms with van der Waals surface area (Å²) >= 11 is 6.92. The van der Waals surface area contributed by atoms with Gasteiger partial charge < -0.3 is 10.3 Å². The van der Waals surface area contributed by atoms with Gasteiger partial charge in [0.1, 0.15) is 0 Å². The van der Waals surface area contributed by atoms with Crippen molar-refractivity contribution < 1.29 is 4.79 Å². The number of fused-ring (bicyclic) bond motifs is 2. The minimum absolute atomic E-state index is 0.164. The fourth-order valence-corrected chi connectivity index (χ4v) is 3.26. The van der Waals surface area contributed by atoms with E-state index in [1.807, 2.05) is 40.9 Å². The molecule has 0 aliphatic carbocycles. The minimum Gasteiger partial charge on any atom is -0.360 e. The number of hydrogen-bond acceptors (Lipinski definition) is 3. The van der Waals surface area contributed by atoms with Crippen molar-refractivity contribution in [1.82, 2.24) is 24.9 Å². The topological polar surface area (TPSA) is 75.1 Å². The molecule has 1 aromatic carbocycles. The summed E-state index contributed by atoms with van der Waals surface area (Å²) in [6, 6.07) is 9.51. The van der Waals surface area contributed by atoms with E-state index in [2.05, 4.69) is 52.4 Å². The second-order valence-electron chi connectivity index (χ2n) is 5.24. The molecule has 0 aliphatic heterocycles. The SMILES string of the molecule is O=C(NCc1nnc2ccccn12)c1c[nH]c2cc(Br)c(Br)cc12. The number of pyridine rings is 1. The third kappa shape index (κ3) is 2.61. The molecule has 3 aromatic heterocycles. The first-order valence-electron chi connectivity index (χ1n) is 7.16. The summed E-state index contributed by atoms with van der Waals surface area (Å²) in [6.07, 6.45) is 3.58. The molecule has 3 heterocycles. The fourth-order valence-electron chi connectivity index (χ4n) is 2.57. The van der Waals surface area contributed by atoms with Crippen LogP contribution >= 0.6 is 31.9 Å². The molecule has 8 heteroatoms. The van der Waals surface area contributed by atoms with Gasteiger partial charge >= 0.3 is 0 Å². The standard InChI is InChI=1S/C16H11Br2N5O/c17-11-5-9-10(7-19-13(9)6-12(11)18)16(24)20-8-15-22-21-14-3-1-2-4-23(14)15/h1-7,19H,8H2,(H,20,24). The van der Waals surface area contributed by atoms with Crippen LogP contribution in [0, 0.1) is 0 Å². The number of nitrogens with one attached hydrogen (secondary N) is 2. The monoisotopic (exact) mass is 447 g/mol. The molecule has 0 fully saturated rings. The molecule has 2 N–H and O–H groups in total. The number of rotatable bonds is 3. The molecule has 0 spiro atoms. The molecule has 120 valence electrons. The molecule has 4 aromatic rings. The van der Waals surface area contributed by atoms with Crippen LogP contribution in [0.4, 0.5) is 0 Å². The van der Waals surface area contributed by atoms with Crippen LogP contribution in [0.15, 0.2) is 51.7 Å². The lowest BCUT2D eigenvalue weighted by atomic mass is 10.1. The molecule has 1 amide bonds. The van der Waals surface area contributed by atoms with E-state index in [0.29, 0.717) is 17.9 Å². The Kier molecular flexibility index (Phi) is 3.85. The van der Waals surface area contributed by atoms with Crippen molar-refractivity contribution in [1.29, 1.82) is 0 Å². The molecular formula is C16H11Br2N5O. The lowest BCUT2D eigenvalue weighted by Gasteiger charge is -2.04. The molecule has 0 aliphatic rings. The van der Waals surface area contributed by atoms with Crippen molar-refractivity contribution in [2.75, 3.05) is 0 Å². The number of halogens is 2. The Labute approximate surface area is 153 Å². The lowest BCUT2D eigenvalue weighted by Crippen LogP contribution is -2.23. The maximum absolute atomic E-state index is 12.5. The van der Waals surface area contributed by atoms with Crippen LogP contribution in [0.3, 0.4) is 0 Å². The van der Waals surface area contributed by atoms with E-state index in [1.165, 1.54) is 0 Å². The summed E-state index contributed by atoms with van der Waals surface area (Å²) in [5.41, 5.74) is 2.23. The van der Waals surface area contributed by atoms with Crippen molar-refractivity contribution in [3.8, 4) is 0 Å². The van der Waals surface area contributed by atoms with Gasteiger partial charge in [-0.3, -0.25) is 9.20 Å². The molecule has 0 radical (unpaired) electrons. The number of hydrogen-bond donors (Lipinski definition) is 2. The van der Waals surface area contributed by atoms with Crippen molar-refractivity contribution in [3.05, 3.63) is 63.1 Å². The largest absolute Gasteiger partial charge is 0.360 e. The fraction of sp³-hybridized carbons (Fsp3) is 0.0625. The van der Waals surface area contributed by atoms with Crippen molar-refractivity contribution in [3.63, 3.8) is 0 Å². The van der Waals surface area contributed by atoms with Gasteiger partial charge in [0.2, 0.25) is 0 Å². The van der Waals surface area contributed by atoms with Gasteiger partial charge in [-0.2, -0.15) is 0 Å². The van der Waals surface area contributed by atoms with E-state index < -0.39 is 0 Å². The molecule has 0 unspecified atom stereocenters. The predicted molar refractivity (Wildman–Crippen MR) is 97.9 cm³/mol. The zero-order valence-corrected chi connectivity index (χ0v) is 15.4. The maximum atomic E-state index is 12.5. The van der Waals surface area contributed by atoms with Gasteiger partial charge in [-0.1, -0.05) is 6.07 Å². The Morgan fingerprint density at radius 3 is 2.92 bits per heavy atom. The highest BCUT2D eigenvalue weighted by Gasteiger charge is 2.14. The van der Waals surface area contributed by atoms with Crippen LogP contribution in [0.5, 0.6) is 0 Å². The highest BCUT2D eigenvalue weighted by atomic mass is 79.9. The van der Waals surface area contributed by atoms with E-state index in [4.69, 9.17) is 0 Å². The van der Waals surface area contributed by atoms with E-state index >= 15 is 0 Å². The first kappa shape index (κ1) is 15.3. The van der Waals surface area contributed by atoms with Gasteiger partial charge in [0, 0.05) is 32.2 Å². The number of H-pyrrole nitrogens is 1. The number of benzene rings is 1. The van der Waals surface area contributed by atoms with Crippen LogP contribution in [0.2, 0.25) is 0 Å². The third-order valence-electron chi connectivity index (χ3n) is 3.76. The van der Waals surface area contributed by atoms with Crippen LogP contribution in [0.1, 0.15) is 16.2 Å².